The zero-order valence-electron chi connectivity index (χ0n) is 10.4. The maximum atomic E-state index is 5.79. The van der Waals surface area contributed by atoms with Gasteiger partial charge in [0.2, 0.25) is 11.7 Å². The van der Waals surface area contributed by atoms with Crippen LogP contribution in [0.25, 0.3) is 0 Å². The summed E-state index contributed by atoms with van der Waals surface area (Å²) >= 11 is 0. The molecule has 2 N–H and O–H groups in total. The first kappa shape index (κ1) is 13.1. The van der Waals surface area contributed by atoms with E-state index in [4.69, 9.17) is 15.0 Å². The highest BCUT2D eigenvalue weighted by Gasteiger charge is 2.21. The fourth-order valence-electron chi connectivity index (χ4n) is 1.40. The Kier molecular flexibility index (Phi) is 4.89. The Bertz CT molecular complexity index is 312. The van der Waals surface area contributed by atoms with Crippen molar-refractivity contribution in [1.29, 1.82) is 0 Å². The van der Waals surface area contributed by atoms with Crippen molar-refractivity contribution < 1.29 is 9.26 Å². The van der Waals surface area contributed by atoms with Crippen LogP contribution in [-0.4, -0.2) is 23.3 Å². The van der Waals surface area contributed by atoms with E-state index in [9.17, 15) is 0 Å². The highest BCUT2D eigenvalue weighted by atomic mass is 16.5. The van der Waals surface area contributed by atoms with E-state index in [0.29, 0.717) is 11.7 Å². The summed E-state index contributed by atoms with van der Waals surface area (Å²) < 4.78 is 10.5. The molecule has 0 aliphatic carbocycles. The van der Waals surface area contributed by atoms with Gasteiger partial charge in [-0.2, -0.15) is 4.98 Å². The van der Waals surface area contributed by atoms with Crippen LogP contribution in [0.4, 0.5) is 0 Å². The second-order valence-corrected chi connectivity index (χ2v) is 4.15. The first-order valence-corrected chi connectivity index (χ1v) is 5.72. The van der Waals surface area contributed by atoms with Crippen LogP contribution in [0.3, 0.4) is 0 Å². The molecule has 0 aliphatic rings. The van der Waals surface area contributed by atoms with E-state index in [-0.39, 0.29) is 18.1 Å². The molecule has 0 saturated carbocycles. The van der Waals surface area contributed by atoms with E-state index in [1.54, 1.807) is 7.11 Å². The molecule has 0 fully saturated rings. The van der Waals surface area contributed by atoms with Crippen LogP contribution < -0.4 is 5.73 Å². The van der Waals surface area contributed by atoms with E-state index in [0.717, 1.165) is 12.8 Å². The lowest BCUT2D eigenvalue weighted by atomic mass is 10.1. The molecule has 1 aromatic rings. The molecule has 3 atom stereocenters. The van der Waals surface area contributed by atoms with Crippen molar-refractivity contribution in [1.82, 2.24) is 10.1 Å². The quantitative estimate of drug-likeness (QED) is 0.804. The predicted octanol–water partition coefficient (Wildman–Crippen LogP) is 2.01. The van der Waals surface area contributed by atoms with Crippen molar-refractivity contribution in [2.45, 2.75) is 51.7 Å². The molecule has 3 unspecified atom stereocenters. The second-order valence-electron chi connectivity index (χ2n) is 4.15. The molecule has 1 rings (SSSR count). The monoisotopic (exact) mass is 227 g/mol. The summed E-state index contributed by atoms with van der Waals surface area (Å²) in [6.45, 7) is 6.00. The molecular formula is C11H21N3O2. The van der Waals surface area contributed by atoms with Crippen molar-refractivity contribution >= 4 is 0 Å². The van der Waals surface area contributed by atoms with Gasteiger partial charge in [-0.1, -0.05) is 25.4 Å². The molecule has 16 heavy (non-hydrogen) atoms. The second kappa shape index (κ2) is 5.96. The largest absolute Gasteiger partial charge is 0.373 e. The molecule has 0 amide bonds. The summed E-state index contributed by atoms with van der Waals surface area (Å²) in [5.74, 6) is 1.27. The summed E-state index contributed by atoms with van der Waals surface area (Å²) in [5.41, 5.74) is 5.79. The topological polar surface area (TPSA) is 74.2 Å². The summed E-state index contributed by atoms with van der Waals surface area (Å²) in [4.78, 5) is 4.34. The SMILES string of the molecule is CCCC(OC)c1noc(C(C)C(C)N)n1. The molecule has 0 radical (unpaired) electrons. The van der Waals surface area contributed by atoms with Crippen molar-refractivity contribution in [2.75, 3.05) is 7.11 Å². The Labute approximate surface area is 96.4 Å². The molecule has 0 spiro atoms. The summed E-state index contributed by atoms with van der Waals surface area (Å²) in [5, 5.41) is 3.94. The number of ether oxygens (including phenoxy) is 1. The number of nitrogens with zero attached hydrogens (tertiary/aromatic N) is 2. The third-order valence-corrected chi connectivity index (χ3v) is 2.76. The fourth-order valence-corrected chi connectivity index (χ4v) is 1.40. The number of rotatable bonds is 6. The van der Waals surface area contributed by atoms with Crippen molar-refractivity contribution in [3.05, 3.63) is 11.7 Å². The van der Waals surface area contributed by atoms with Gasteiger partial charge in [0.25, 0.3) is 0 Å². The number of hydrogen-bond donors (Lipinski definition) is 1. The molecule has 0 aromatic carbocycles. The molecule has 5 heteroatoms. The average molecular weight is 227 g/mol. The van der Waals surface area contributed by atoms with Gasteiger partial charge in [0, 0.05) is 13.2 Å². The molecule has 0 aliphatic heterocycles. The van der Waals surface area contributed by atoms with Gasteiger partial charge < -0.3 is 15.0 Å². The third-order valence-electron chi connectivity index (χ3n) is 2.76. The van der Waals surface area contributed by atoms with Gasteiger partial charge in [-0.15, -0.1) is 0 Å². The van der Waals surface area contributed by atoms with Gasteiger partial charge >= 0.3 is 0 Å². The third kappa shape index (κ3) is 3.02. The van der Waals surface area contributed by atoms with Crippen LogP contribution in [0.2, 0.25) is 0 Å². The Balaban J connectivity index is 2.76. The maximum absolute atomic E-state index is 5.79. The number of methoxy groups -OCH3 is 1. The van der Waals surface area contributed by atoms with E-state index in [1.165, 1.54) is 0 Å². The normalized spacial score (nSPS) is 17.1. The number of aromatic nitrogens is 2. The molecular weight excluding hydrogens is 206 g/mol. The lowest BCUT2D eigenvalue weighted by molar-refractivity contribution is 0.0854. The zero-order valence-corrected chi connectivity index (χ0v) is 10.4. The summed E-state index contributed by atoms with van der Waals surface area (Å²) in [6.07, 6.45) is 1.83. The van der Waals surface area contributed by atoms with Gasteiger partial charge in [-0.25, -0.2) is 0 Å². The minimum absolute atomic E-state index is 0.000435. The summed E-state index contributed by atoms with van der Waals surface area (Å²) in [6, 6.07) is 0.000435. The van der Waals surface area contributed by atoms with E-state index >= 15 is 0 Å². The zero-order chi connectivity index (χ0) is 12.1. The van der Waals surface area contributed by atoms with Crippen molar-refractivity contribution in [3.63, 3.8) is 0 Å². The Hall–Kier alpha value is -0.940. The molecule has 0 bridgehead atoms. The van der Waals surface area contributed by atoms with Crippen molar-refractivity contribution in [3.8, 4) is 0 Å². The predicted molar refractivity (Wildman–Crippen MR) is 61.0 cm³/mol. The van der Waals surface area contributed by atoms with Crippen LogP contribution in [0.15, 0.2) is 4.52 Å². The Morgan fingerprint density at radius 3 is 2.62 bits per heavy atom. The van der Waals surface area contributed by atoms with E-state index < -0.39 is 0 Å². The van der Waals surface area contributed by atoms with Crippen LogP contribution in [-0.2, 0) is 4.74 Å². The lowest BCUT2D eigenvalue weighted by Crippen LogP contribution is -2.22. The van der Waals surface area contributed by atoms with E-state index in [2.05, 4.69) is 17.1 Å². The van der Waals surface area contributed by atoms with Gasteiger partial charge in [-0.3, -0.25) is 0 Å². The Morgan fingerprint density at radius 1 is 1.44 bits per heavy atom. The summed E-state index contributed by atoms with van der Waals surface area (Å²) in [7, 11) is 1.66. The first-order valence-electron chi connectivity index (χ1n) is 5.72. The number of nitrogens with two attached hydrogens (primary N) is 1. The van der Waals surface area contributed by atoms with Crippen LogP contribution in [0, 0.1) is 0 Å². The van der Waals surface area contributed by atoms with Gasteiger partial charge in [0.05, 0.1) is 5.92 Å². The highest BCUT2D eigenvalue weighted by molar-refractivity contribution is 4.98. The fraction of sp³-hybridized carbons (Fsp3) is 0.818. The molecule has 92 valence electrons. The number of hydrogen-bond acceptors (Lipinski definition) is 5. The molecule has 0 saturated heterocycles. The smallest absolute Gasteiger partial charge is 0.231 e. The molecule has 1 heterocycles. The first-order chi connectivity index (χ1) is 7.60. The molecule has 1 aromatic heterocycles. The van der Waals surface area contributed by atoms with Crippen molar-refractivity contribution in [2.24, 2.45) is 5.73 Å². The lowest BCUT2D eigenvalue weighted by Gasteiger charge is -2.10. The highest BCUT2D eigenvalue weighted by Crippen LogP contribution is 2.22. The molecule has 5 nitrogen and oxygen atoms in total. The van der Waals surface area contributed by atoms with Crippen LogP contribution >= 0.6 is 0 Å². The van der Waals surface area contributed by atoms with Gasteiger partial charge in [0.1, 0.15) is 6.10 Å². The van der Waals surface area contributed by atoms with Crippen LogP contribution in [0.1, 0.15) is 57.3 Å². The minimum atomic E-state index is -0.0808. The van der Waals surface area contributed by atoms with Gasteiger partial charge in [0.15, 0.2) is 0 Å². The van der Waals surface area contributed by atoms with Gasteiger partial charge in [-0.05, 0) is 13.3 Å². The maximum Gasteiger partial charge on any atom is 0.231 e. The minimum Gasteiger partial charge on any atom is -0.373 e. The average Bonchev–Trinajstić information content (AvgIpc) is 2.73. The standard InChI is InChI=1S/C11H21N3O2/c1-5-6-9(15-4)10-13-11(16-14-10)7(2)8(3)12/h7-9H,5-6,12H2,1-4H3. The van der Waals surface area contributed by atoms with E-state index in [1.807, 2.05) is 13.8 Å². The Morgan fingerprint density at radius 2 is 2.12 bits per heavy atom. The van der Waals surface area contributed by atoms with Crippen LogP contribution in [0.5, 0.6) is 0 Å².